The highest BCUT2D eigenvalue weighted by atomic mass is 35.5. The summed E-state index contributed by atoms with van der Waals surface area (Å²) >= 11 is 6.06. The fourth-order valence-corrected chi connectivity index (χ4v) is 1.73. The highest BCUT2D eigenvalue weighted by molar-refractivity contribution is 6.21. The van der Waals surface area contributed by atoms with Crippen LogP contribution in [0.25, 0.3) is 5.76 Å². The van der Waals surface area contributed by atoms with Crippen LogP contribution in [0.1, 0.15) is 22.9 Å². The summed E-state index contributed by atoms with van der Waals surface area (Å²) in [5.41, 5.74) is 1.89. The number of fused-ring (bicyclic) bond motifs is 1. The third kappa shape index (κ3) is 1.10. The average Bonchev–Trinajstić information content (AvgIpc) is 2.12. The van der Waals surface area contributed by atoms with Gasteiger partial charge in [0, 0.05) is 5.56 Å². The number of halogens is 1. The van der Waals surface area contributed by atoms with E-state index in [1.807, 2.05) is 24.3 Å². The molecule has 0 saturated heterocycles. The van der Waals surface area contributed by atoms with Crippen LogP contribution in [0.3, 0.4) is 0 Å². The fourth-order valence-electron chi connectivity index (χ4n) is 1.46. The first-order valence-corrected chi connectivity index (χ1v) is 4.35. The van der Waals surface area contributed by atoms with Crippen molar-refractivity contribution in [2.75, 3.05) is 0 Å². The molecule has 0 spiro atoms. The maximum atomic E-state index is 9.48. The molecule has 0 bridgehead atoms. The smallest absolute Gasteiger partial charge is 0.119 e. The van der Waals surface area contributed by atoms with Crippen LogP contribution in [-0.4, -0.2) is 5.11 Å². The number of benzene rings is 1. The van der Waals surface area contributed by atoms with E-state index in [0.29, 0.717) is 12.2 Å². The van der Waals surface area contributed by atoms with Gasteiger partial charge < -0.3 is 5.11 Å². The van der Waals surface area contributed by atoms with Crippen molar-refractivity contribution in [2.45, 2.75) is 11.8 Å². The minimum atomic E-state index is 0.0112. The summed E-state index contributed by atoms with van der Waals surface area (Å²) in [7, 11) is 0. The molecule has 1 unspecified atom stereocenters. The van der Waals surface area contributed by atoms with Crippen LogP contribution >= 0.6 is 11.6 Å². The molecule has 1 aromatic carbocycles. The predicted octanol–water partition coefficient (Wildman–Crippen LogP) is 3.27. The number of alkyl halides is 1. The van der Waals surface area contributed by atoms with Crippen LogP contribution < -0.4 is 0 Å². The van der Waals surface area contributed by atoms with E-state index >= 15 is 0 Å². The first-order chi connectivity index (χ1) is 5.79. The maximum Gasteiger partial charge on any atom is 0.119 e. The van der Waals surface area contributed by atoms with Gasteiger partial charge in [-0.2, -0.15) is 0 Å². The fraction of sp³-hybridized carbons (Fsp3) is 0.200. The molecule has 1 aliphatic carbocycles. The van der Waals surface area contributed by atoms with Gasteiger partial charge in [0.2, 0.25) is 0 Å². The lowest BCUT2D eigenvalue weighted by molar-refractivity contribution is 0.504. The highest BCUT2D eigenvalue weighted by Gasteiger charge is 2.17. The molecular weight excluding hydrogens is 172 g/mol. The minimum absolute atomic E-state index is 0.0112. The van der Waals surface area contributed by atoms with Gasteiger partial charge in [0.15, 0.2) is 0 Å². The number of allylic oxidation sites excluding steroid dienone is 1. The van der Waals surface area contributed by atoms with E-state index in [2.05, 4.69) is 0 Å². The zero-order valence-corrected chi connectivity index (χ0v) is 7.25. The molecule has 62 valence electrons. The number of hydrogen-bond acceptors (Lipinski definition) is 1. The third-order valence-electron chi connectivity index (χ3n) is 2.09. The summed E-state index contributed by atoms with van der Waals surface area (Å²) in [6.45, 7) is 0. The molecule has 2 rings (SSSR count). The van der Waals surface area contributed by atoms with Gasteiger partial charge in [-0.1, -0.05) is 24.3 Å². The molecule has 1 aromatic rings. The topological polar surface area (TPSA) is 20.2 Å². The van der Waals surface area contributed by atoms with Crippen molar-refractivity contribution in [1.82, 2.24) is 0 Å². The molecule has 2 heteroatoms. The Balaban J connectivity index is 2.58. The van der Waals surface area contributed by atoms with E-state index in [1.165, 1.54) is 0 Å². The number of hydrogen-bond donors (Lipinski definition) is 1. The normalized spacial score (nSPS) is 21.4. The van der Waals surface area contributed by atoms with Gasteiger partial charge in [0.1, 0.15) is 5.76 Å². The van der Waals surface area contributed by atoms with Crippen molar-refractivity contribution >= 4 is 17.4 Å². The molecule has 0 aliphatic heterocycles. The summed E-state index contributed by atoms with van der Waals surface area (Å²) in [6.07, 6.45) is 2.48. The van der Waals surface area contributed by atoms with Gasteiger partial charge in [-0.05, 0) is 18.1 Å². The molecule has 1 nitrogen and oxygen atoms in total. The predicted molar refractivity (Wildman–Crippen MR) is 50.3 cm³/mol. The van der Waals surface area contributed by atoms with Gasteiger partial charge in [0.25, 0.3) is 0 Å². The van der Waals surface area contributed by atoms with Crippen molar-refractivity contribution in [2.24, 2.45) is 0 Å². The summed E-state index contributed by atoms with van der Waals surface area (Å²) < 4.78 is 0. The monoisotopic (exact) mass is 180 g/mol. The molecule has 0 fully saturated rings. The Morgan fingerprint density at radius 2 is 2.08 bits per heavy atom. The quantitative estimate of drug-likeness (QED) is 0.608. The molecule has 1 N–H and O–H groups in total. The van der Waals surface area contributed by atoms with Crippen molar-refractivity contribution in [3.8, 4) is 0 Å². The van der Waals surface area contributed by atoms with E-state index in [0.717, 1.165) is 11.1 Å². The standard InChI is InChI=1S/C10H9ClO/c11-9-5-6-10(12)8-4-2-1-3-7(8)9/h1-4,6,9,12H,5H2. The van der Waals surface area contributed by atoms with Crippen LogP contribution in [0.4, 0.5) is 0 Å². The van der Waals surface area contributed by atoms with Crippen molar-refractivity contribution in [1.29, 1.82) is 0 Å². The third-order valence-corrected chi connectivity index (χ3v) is 2.51. The Morgan fingerprint density at radius 3 is 2.83 bits per heavy atom. The Morgan fingerprint density at radius 1 is 1.33 bits per heavy atom. The first kappa shape index (κ1) is 7.69. The van der Waals surface area contributed by atoms with Gasteiger partial charge in [-0.25, -0.2) is 0 Å². The van der Waals surface area contributed by atoms with Gasteiger partial charge >= 0.3 is 0 Å². The zero-order chi connectivity index (χ0) is 8.55. The van der Waals surface area contributed by atoms with E-state index in [-0.39, 0.29) is 5.38 Å². The zero-order valence-electron chi connectivity index (χ0n) is 6.50. The molecule has 0 amide bonds. The maximum absolute atomic E-state index is 9.48. The molecule has 12 heavy (non-hydrogen) atoms. The Kier molecular flexibility index (Phi) is 1.81. The van der Waals surface area contributed by atoms with Gasteiger partial charge in [-0.3, -0.25) is 0 Å². The lowest BCUT2D eigenvalue weighted by atomic mass is 9.96. The molecule has 0 radical (unpaired) electrons. The summed E-state index contributed by atoms with van der Waals surface area (Å²) in [4.78, 5) is 0. The van der Waals surface area contributed by atoms with Crippen LogP contribution in [0.2, 0.25) is 0 Å². The van der Waals surface area contributed by atoms with Crippen LogP contribution in [0.15, 0.2) is 30.3 Å². The van der Waals surface area contributed by atoms with Crippen molar-refractivity contribution in [3.63, 3.8) is 0 Å². The summed E-state index contributed by atoms with van der Waals surface area (Å²) in [5.74, 6) is 0.350. The van der Waals surface area contributed by atoms with Crippen LogP contribution in [0.5, 0.6) is 0 Å². The van der Waals surface area contributed by atoms with Gasteiger partial charge in [0.05, 0.1) is 5.38 Å². The summed E-state index contributed by atoms with van der Waals surface area (Å²) in [6, 6.07) is 7.68. The lowest BCUT2D eigenvalue weighted by Gasteiger charge is -2.17. The number of rotatable bonds is 0. The van der Waals surface area contributed by atoms with Crippen molar-refractivity contribution < 1.29 is 5.11 Å². The van der Waals surface area contributed by atoms with Crippen LogP contribution in [-0.2, 0) is 0 Å². The molecule has 1 atom stereocenters. The van der Waals surface area contributed by atoms with Crippen molar-refractivity contribution in [3.05, 3.63) is 41.5 Å². The van der Waals surface area contributed by atoms with E-state index in [4.69, 9.17) is 11.6 Å². The largest absolute Gasteiger partial charge is 0.508 e. The van der Waals surface area contributed by atoms with E-state index in [1.54, 1.807) is 6.08 Å². The Bertz CT molecular complexity index is 330. The second kappa shape index (κ2) is 2.83. The second-order valence-electron chi connectivity index (χ2n) is 2.88. The highest BCUT2D eigenvalue weighted by Crippen LogP contribution is 2.35. The lowest BCUT2D eigenvalue weighted by Crippen LogP contribution is -2.01. The molecule has 1 aliphatic rings. The summed E-state index contributed by atoms with van der Waals surface area (Å²) in [5, 5.41) is 9.49. The molecule has 0 aromatic heterocycles. The van der Waals surface area contributed by atoms with Crippen LogP contribution in [0, 0.1) is 0 Å². The first-order valence-electron chi connectivity index (χ1n) is 3.91. The SMILES string of the molecule is OC1=CCC(Cl)c2ccccc21. The number of aliphatic hydroxyl groups is 1. The Hall–Kier alpha value is -0.950. The average molecular weight is 181 g/mol. The molecule has 0 saturated carbocycles. The second-order valence-corrected chi connectivity index (χ2v) is 3.41. The Labute approximate surface area is 76.3 Å². The minimum Gasteiger partial charge on any atom is -0.508 e. The van der Waals surface area contributed by atoms with E-state index in [9.17, 15) is 5.11 Å². The van der Waals surface area contributed by atoms with E-state index < -0.39 is 0 Å². The van der Waals surface area contributed by atoms with Gasteiger partial charge in [-0.15, -0.1) is 11.6 Å². The molecule has 0 heterocycles. The number of aliphatic hydroxyl groups excluding tert-OH is 1. The molecular formula is C10H9ClO.